The lowest BCUT2D eigenvalue weighted by atomic mass is 9.93. The zero-order valence-corrected chi connectivity index (χ0v) is 13.9. The van der Waals surface area contributed by atoms with Crippen molar-refractivity contribution in [3.8, 4) is 0 Å². The van der Waals surface area contributed by atoms with Crippen LogP contribution in [0.15, 0.2) is 40.5 Å². The van der Waals surface area contributed by atoms with Crippen molar-refractivity contribution in [3.63, 3.8) is 0 Å². The van der Waals surface area contributed by atoms with E-state index < -0.39 is 5.60 Å². The van der Waals surface area contributed by atoms with Gasteiger partial charge in [0.2, 0.25) is 0 Å². The van der Waals surface area contributed by atoms with Crippen LogP contribution in [-0.4, -0.2) is 38.7 Å². The first-order valence-electron chi connectivity index (χ1n) is 7.93. The highest BCUT2D eigenvalue weighted by Gasteiger charge is 2.27. The molecule has 1 fully saturated rings. The first kappa shape index (κ1) is 14.9. The topological polar surface area (TPSA) is 61.3 Å². The van der Waals surface area contributed by atoms with Crippen LogP contribution in [0.2, 0.25) is 0 Å². The van der Waals surface area contributed by atoms with Gasteiger partial charge in [-0.1, -0.05) is 17.8 Å². The molecule has 2 aliphatic heterocycles. The fourth-order valence-corrected chi connectivity index (χ4v) is 3.91. The molecule has 3 heterocycles. The van der Waals surface area contributed by atoms with E-state index in [0.29, 0.717) is 0 Å². The number of piperidine rings is 1. The molecule has 0 atom stereocenters. The minimum Gasteiger partial charge on any atom is -0.390 e. The summed E-state index contributed by atoms with van der Waals surface area (Å²) in [5.41, 5.74) is 1.89. The van der Waals surface area contributed by atoms with Gasteiger partial charge in [-0.15, -0.1) is 0 Å². The molecule has 2 N–H and O–H groups in total. The molecule has 0 aliphatic carbocycles. The number of fused-ring (bicyclic) bond motifs is 2. The monoisotopic (exact) mass is 328 g/mol. The number of hydrogen-bond donors (Lipinski definition) is 2. The molecule has 5 nitrogen and oxygen atoms in total. The maximum atomic E-state index is 10.1. The number of rotatable bonds is 2. The smallest absolute Gasteiger partial charge is 0.163 e. The van der Waals surface area contributed by atoms with Crippen LogP contribution in [0.1, 0.15) is 25.3 Å². The predicted octanol–water partition coefficient (Wildman–Crippen LogP) is 3.03. The number of nitrogens with zero attached hydrogens (tertiary/aromatic N) is 3. The summed E-state index contributed by atoms with van der Waals surface area (Å²) in [6.07, 6.45) is 5.11. The molecule has 2 aliphatic rings. The second-order valence-corrected chi connectivity index (χ2v) is 7.57. The van der Waals surface area contributed by atoms with Gasteiger partial charge in [-0.2, -0.15) is 0 Å². The number of likely N-dealkylation sites (tertiary alicyclic amines) is 1. The van der Waals surface area contributed by atoms with Gasteiger partial charge < -0.3 is 10.4 Å². The van der Waals surface area contributed by atoms with E-state index in [0.717, 1.165) is 49.0 Å². The molecule has 1 saturated heterocycles. The second kappa shape index (κ2) is 5.78. The number of hydrogen-bond acceptors (Lipinski definition) is 6. The third-order valence-electron chi connectivity index (χ3n) is 4.51. The molecule has 120 valence electrons. The van der Waals surface area contributed by atoms with Gasteiger partial charge in [0.05, 0.1) is 11.3 Å². The lowest BCUT2D eigenvalue weighted by Crippen LogP contribution is -2.41. The Morgan fingerprint density at radius 3 is 2.87 bits per heavy atom. The Morgan fingerprint density at radius 2 is 2.04 bits per heavy atom. The van der Waals surface area contributed by atoms with Crippen LogP contribution in [0, 0.1) is 0 Å². The van der Waals surface area contributed by atoms with Crippen LogP contribution < -0.4 is 5.32 Å². The van der Waals surface area contributed by atoms with Gasteiger partial charge in [-0.25, -0.2) is 9.97 Å². The van der Waals surface area contributed by atoms with Crippen molar-refractivity contribution < 1.29 is 5.11 Å². The molecule has 1 aromatic heterocycles. The van der Waals surface area contributed by atoms with Gasteiger partial charge in [-0.05, 0) is 37.5 Å². The molecule has 0 bridgehead atoms. The lowest BCUT2D eigenvalue weighted by molar-refractivity contribution is -0.00730. The third kappa shape index (κ3) is 3.20. The van der Waals surface area contributed by atoms with E-state index in [1.807, 2.05) is 6.92 Å². The zero-order chi connectivity index (χ0) is 15.9. The molecule has 1 aromatic carbocycles. The van der Waals surface area contributed by atoms with Gasteiger partial charge >= 0.3 is 0 Å². The first-order valence-corrected chi connectivity index (χ1v) is 8.74. The van der Waals surface area contributed by atoms with Crippen LogP contribution >= 0.6 is 11.8 Å². The summed E-state index contributed by atoms with van der Waals surface area (Å²) >= 11 is 1.65. The average molecular weight is 328 g/mol. The van der Waals surface area contributed by atoms with Crippen molar-refractivity contribution in [1.82, 2.24) is 14.9 Å². The third-order valence-corrected chi connectivity index (χ3v) is 5.58. The van der Waals surface area contributed by atoms with Crippen LogP contribution in [0.4, 0.5) is 11.5 Å². The number of aromatic nitrogens is 2. The molecule has 6 heteroatoms. The summed E-state index contributed by atoms with van der Waals surface area (Å²) in [7, 11) is 0. The second-order valence-electron chi connectivity index (χ2n) is 6.54. The predicted molar refractivity (Wildman–Crippen MR) is 91.0 cm³/mol. The molecule has 0 saturated carbocycles. The van der Waals surface area contributed by atoms with Crippen LogP contribution in [-0.2, 0) is 6.54 Å². The number of anilines is 2. The first-order chi connectivity index (χ1) is 11.1. The van der Waals surface area contributed by atoms with E-state index in [1.165, 1.54) is 10.5 Å². The summed E-state index contributed by atoms with van der Waals surface area (Å²) < 4.78 is 0. The summed E-state index contributed by atoms with van der Waals surface area (Å²) in [4.78, 5) is 12.3. The van der Waals surface area contributed by atoms with E-state index in [4.69, 9.17) is 0 Å². The standard InChI is InChI=1S/C17H20N4OS/c1-17(22)4-8-21(9-5-17)11-12-2-3-14-13(10-12)20-15-16(23-14)19-7-6-18-15/h2-3,6-7,10,22H,4-5,8-9,11H2,1H3,(H,18,20). The Hall–Kier alpha value is -1.63. The maximum Gasteiger partial charge on any atom is 0.163 e. The Kier molecular flexibility index (Phi) is 3.75. The van der Waals surface area contributed by atoms with E-state index in [1.54, 1.807) is 24.2 Å². The highest BCUT2D eigenvalue weighted by molar-refractivity contribution is 7.99. The van der Waals surface area contributed by atoms with Crippen LogP contribution in [0.5, 0.6) is 0 Å². The lowest BCUT2D eigenvalue weighted by Gasteiger charge is -2.35. The average Bonchev–Trinajstić information content (AvgIpc) is 2.55. The van der Waals surface area contributed by atoms with Crippen molar-refractivity contribution >= 4 is 23.3 Å². The SMILES string of the molecule is CC1(O)CCN(Cc2ccc3c(c2)Nc2nccnc2S3)CC1. The maximum absolute atomic E-state index is 10.1. The van der Waals surface area contributed by atoms with Crippen LogP contribution in [0.3, 0.4) is 0 Å². The largest absolute Gasteiger partial charge is 0.390 e. The summed E-state index contributed by atoms with van der Waals surface area (Å²) in [5, 5.41) is 14.4. The van der Waals surface area contributed by atoms with Crippen molar-refractivity contribution in [2.75, 3.05) is 18.4 Å². The summed E-state index contributed by atoms with van der Waals surface area (Å²) in [6, 6.07) is 6.54. The van der Waals surface area contributed by atoms with E-state index in [-0.39, 0.29) is 0 Å². The molecule has 0 unspecified atom stereocenters. The normalized spacial score (nSPS) is 19.6. The summed E-state index contributed by atoms with van der Waals surface area (Å²) in [5.74, 6) is 0.830. The Bertz CT molecular complexity index is 724. The highest BCUT2D eigenvalue weighted by Crippen LogP contribution is 2.42. The fourth-order valence-electron chi connectivity index (χ4n) is 3.03. The van der Waals surface area contributed by atoms with Crippen molar-refractivity contribution in [1.29, 1.82) is 0 Å². The zero-order valence-electron chi connectivity index (χ0n) is 13.1. The van der Waals surface area contributed by atoms with Crippen molar-refractivity contribution in [2.24, 2.45) is 0 Å². The molecule has 0 spiro atoms. The molecule has 0 amide bonds. The van der Waals surface area contributed by atoms with E-state index in [9.17, 15) is 5.11 Å². The minimum atomic E-state index is -0.493. The van der Waals surface area contributed by atoms with Crippen molar-refractivity contribution in [2.45, 2.75) is 41.8 Å². The minimum absolute atomic E-state index is 0.493. The summed E-state index contributed by atoms with van der Waals surface area (Å²) in [6.45, 7) is 4.74. The fraction of sp³-hybridized carbons (Fsp3) is 0.412. The Labute approximate surface area is 140 Å². The molecule has 0 radical (unpaired) electrons. The highest BCUT2D eigenvalue weighted by atomic mass is 32.2. The number of nitrogens with one attached hydrogen (secondary N) is 1. The molecular weight excluding hydrogens is 308 g/mol. The molecular formula is C17H20N4OS. The number of benzene rings is 1. The Balaban J connectivity index is 1.48. The Morgan fingerprint density at radius 1 is 1.26 bits per heavy atom. The van der Waals surface area contributed by atoms with Crippen molar-refractivity contribution in [3.05, 3.63) is 36.2 Å². The van der Waals surface area contributed by atoms with E-state index >= 15 is 0 Å². The number of aliphatic hydroxyl groups is 1. The van der Waals surface area contributed by atoms with Gasteiger partial charge in [-0.3, -0.25) is 4.90 Å². The van der Waals surface area contributed by atoms with Gasteiger partial charge in [0, 0.05) is 36.9 Å². The molecule has 2 aromatic rings. The van der Waals surface area contributed by atoms with Crippen LogP contribution in [0.25, 0.3) is 0 Å². The molecule has 4 rings (SSSR count). The van der Waals surface area contributed by atoms with Gasteiger partial charge in [0.25, 0.3) is 0 Å². The molecule has 23 heavy (non-hydrogen) atoms. The van der Waals surface area contributed by atoms with Gasteiger partial charge in [0.1, 0.15) is 5.03 Å². The van der Waals surface area contributed by atoms with E-state index in [2.05, 4.69) is 38.4 Å². The quantitative estimate of drug-likeness (QED) is 0.754. The van der Waals surface area contributed by atoms with Gasteiger partial charge in [0.15, 0.2) is 5.82 Å².